The number of rotatable bonds is 6. The molecule has 1 aromatic carbocycles. The third-order valence-electron chi connectivity index (χ3n) is 3.67. The topological polar surface area (TPSA) is 75.8 Å². The first-order chi connectivity index (χ1) is 9.69. The fraction of sp³-hybridized carbons (Fsp3) is 0.571. The highest BCUT2D eigenvalue weighted by Gasteiger charge is 2.18. The van der Waals surface area contributed by atoms with Crippen LogP contribution >= 0.6 is 0 Å². The van der Waals surface area contributed by atoms with E-state index in [1.54, 1.807) is 12.1 Å². The molecule has 1 N–H and O–H groups in total. The standard InChI is InChI=1S/C14H20N2O4/c17-11-12-4-6-15(7-5-12)8-9-20-14-3-1-2-13(10-14)16(18)19/h1-3,10,12,17H,4-9,11H2. The monoisotopic (exact) mass is 280 g/mol. The number of aliphatic hydroxyl groups is 1. The minimum atomic E-state index is -0.424. The molecule has 0 aliphatic carbocycles. The predicted octanol–water partition coefficient (Wildman–Crippen LogP) is 1.68. The molecule has 0 spiro atoms. The SMILES string of the molecule is O=[N+]([O-])c1cccc(OCCN2CCC(CO)CC2)c1. The number of hydrogen-bond donors (Lipinski definition) is 1. The molecule has 1 aliphatic heterocycles. The van der Waals surface area contributed by atoms with Crippen molar-refractivity contribution in [2.75, 3.05) is 32.8 Å². The van der Waals surface area contributed by atoms with E-state index in [4.69, 9.17) is 9.84 Å². The largest absolute Gasteiger partial charge is 0.492 e. The molecule has 0 aromatic heterocycles. The zero-order chi connectivity index (χ0) is 14.4. The van der Waals surface area contributed by atoms with Crippen molar-refractivity contribution in [2.45, 2.75) is 12.8 Å². The molecule has 6 nitrogen and oxygen atoms in total. The first-order valence-corrected chi connectivity index (χ1v) is 6.89. The molecular formula is C14H20N2O4. The Hall–Kier alpha value is -1.66. The zero-order valence-corrected chi connectivity index (χ0v) is 11.4. The van der Waals surface area contributed by atoms with Crippen molar-refractivity contribution in [1.29, 1.82) is 0 Å². The number of hydrogen-bond acceptors (Lipinski definition) is 5. The van der Waals surface area contributed by atoms with Gasteiger partial charge in [-0.1, -0.05) is 6.07 Å². The molecule has 1 saturated heterocycles. The number of nitro benzene ring substituents is 1. The Balaban J connectivity index is 1.73. The Kier molecular flexibility index (Phi) is 5.31. The van der Waals surface area contributed by atoms with E-state index >= 15 is 0 Å². The molecule has 0 amide bonds. The van der Waals surface area contributed by atoms with Crippen LogP contribution in [0.1, 0.15) is 12.8 Å². The summed E-state index contributed by atoms with van der Waals surface area (Å²) >= 11 is 0. The van der Waals surface area contributed by atoms with E-state index in [9.17, 15) is 10.1 Å². The van der Waals surface area contributed by atoms with Crippen LogP contribution in [0, 0.1) is 16.0 Å². The highest BCUT2D eigenvalue weighted by molar-refractivity contribution is 5.37. The molecule has 0 bridgehead atoms. The first-order valence-electron chi connectivity index (χ1n) is 6.89. The van der Waals surface area contributed by atoms with Gasteiger partial charge in [0.05, 0.1) is 11.0 Å². The lowest BCUT2D eigenvalue weighted by Gasteiger charge is -2.30. The summed E-state index contributed by atoms with van der Waals surface area (Å²) in [4.78, 5) is 12.5. The number of non-ortho nitro benzene ring substituents is 1. The van der Waals surface area contributed by atoms with Gasteiger partial charge in [0.25, 0.3) is 5.69 Å². The van der Waals surface area contributed by atoms with Crippen molar-refractivity contribution >= 4 is 5.69 Å². The third-order valence-corrected chi connectivity index (χ3v) is 3.67. The van der Waals surface area contributed by atoms with Crippen molar-refractivity contribution in [3.05, 3.63) is 34.4 Å². The van der Waals surface area contributed by atoms with Gasteiger partial charge in [-0.25, -0.2) is 0 Å². The summed E-state index contributed by atoms with van der Waals surface area (Å²) in [7, 11) is 0. The molecule has 0 unspecified atom stereocenters. The summed E-state index contributed by atoms with van der Waals surface area (Å²) in [6, 6.07) is 6.25. The van der Waals surface area contributed by atoms with Gasteiger partial charge in [-0.3, -0.25) is 15.0 Å². The van der Waals surface area contributed by atoms with Crippen molar-refractivity contribution in [3.8, 4) is 5.75 Å². The number of nitrogens with zero attached hydrogens (tertiary/aromatic N) is 2. The molecule has 2 rings (SSSR count). The van der Waals surface area contributed by atoms with Gasteiger partial charge in [-0.15, -0.1) is 0 Å². The molecule has 0 atom stereocenters. The Morgan fingerprint density at radius 1 is 1.40 bits per heavy atom. The van der Waals surface area contributed by atoms with Crippen LogP contribution in [-0.2, 0) is 0 Å². The summed E-state index contributed by atoms with van der Waals surface area (Å²) in [6.07, 6.45) is 2.04. The van der Waals surface area contributed by atoms with E-state index in [0.717, 1.165) is 32.5 Å². The molecule has 1 fully saturated rings. The van der Waals surface area contributed by atoms with E-state index in [2.05, 4.69) is 4.90 Å². The summed E-state index contributed by atoms with van der Waals surface area (Å²) in [6.45, 7) is 3.55. The normalized spacial score (nSPS) is 17.1. The minimum Gasteiger partial charge on any atom is -0.492 e. The maximum absolute atomic E-state index is 10.7. The molecule has 20 heavy (non-hydrogen) atoms. The van der Waals surface area contributed by atoms with Crippen LogP contribution < -0.4 is 4.74 Å². The van der Waals surface area contributed by atoms with Crippen molar-refractivity contribution in [2.24, 2.45) is 5.92 Å². The van der Waals surface area contributed by atoms with Crippen LogP contribution in [0.25, 0.3) is 0 Å². The minimum absolute atomic E-state index is 0.0475. The van der Waals surface area contributed by atoms with Gasteiger partial charge in [-0.05, 0) is 37.9 Å². The fourth-order valence-corrected chi connectivity index (χ4v) is 2.37. The van der Waals surface area contributed by atoms with E-state index in [-0.39, 0.29) is 12.3 Å². The fourth-order valence-electron chi connectivity index (χ4n) is 2.37. The van der Waals surface area contributed by atoms with Crippen molar-refractivity contribution in [1.82, 2.24) is 4.90 Å². The quantitative estimate of drug-likeness (QED) is 0.633. The van der Waals surface area contributed by atoms with Gasteiger partial charge < -0.3 is 9.84 Å². The Morgan fingerprint density at radius 2 is 2.15 bits per heavy atom. The van der Waals surface area contributed by atoms with Gasteiger partial charge in [0.15, 0.2) is 0 Å². The lowest BCUT2D eigenvalue weighted by atomic mass is 9.98. The van der Waals surface area contributed by atoms with E-state index in [1.165, 1.54) is 12.1 Å². The van der Waals surface area contributed by atoms with E-state index < -0.39 is 4.92 Å². The van der Waals surface area contributed by atoms with Gasteiger partial charge >= 0.3 is 0 Å². The number of piperidine rings is 1. The molecule has 6 heteroatoms. The van der Waals surface area contributed by atoms with Gasteiger partial charge in [-0.2, -0.15) is 0 Å². The summed E-state index contributed by atoms with van der Waals surface area (Å²) in [5.41, 5.74) is 0.0475. The Morgan fingerprint density at radius 3 is 2.80 bits per heavy atom. The number of benzene rings is 1. The second-order valence-corrected chi connectivity index (χ2v) is 5.07. The van der Waals surface area contributed by atoms with Crippen LogP contribution in [0.5, 0.6) is 5.75 Å². The van der Waals surface area contributed by atoms with Crippen LogP contribution in [0.2, 0.25) is 0 Å². The molecule has 1 aliphatic rings. The molecule has 1 heterocycles. The van der Waals surface area contributed by atoms with Crippen LogP contribution in [0.3, 0.4) is 0 Å². The molecule has 0 saturated carbocycles. The highest BCUT2D eigenvalue weighted by atomic mass is 16.6. The summed E-state index contributed by atoms with van der Waals surface area (Å²) in [5, 5.41) is 19.7. The summed E-state index contributed by atoms with van der Waals surface area (Å²) in [5.74, 6) is 0.966. The van der Waals surface area contributed by atoms with Gasteiger partial charge in [0, 0.05) is 19.2 Å². The predicted molar refractivity (Wildman–Crippen MR) is 74.8 cm³/mol. The zero-order valence-electron chi connectivity index (χ0n) is 11.4. The molecule has 0 radical (unpaired) electrons. The van der Waals surface area contributed by atoms with Gasteiger partial charge in [0.2, 0.25) is 0 Å². The maximum atomic E-state index is 10.7. The second kappa shape index (κ2) is 7.21. The smallest absolute Gasteiger partial charge is 0.273 e. The lowest BCUT2D eigenvalue weighted by Crippen LogP contribution is -2.37. The van der Waals surface area contributed by atoms with Crippen molar-refractivity contribution < 1.29 is 14.8 Å². The number of aliphatic hydroxyl groups excluding tert-OH is 1. The van der Waals surface area contributed by atoms with E-state index in [0.29, 0.717) is 18.3 Å². The van der Waals surface area contributed by atoms with E-state index in [1.807, 2.05) is 0 Å². The number of ether oxygens (including phenoxy) is 1. The average Bonchev–Trinajstić information content (AvgIpc) is 2.48. The molecule has 110 valence electrons. The maximum Gasteiger partial charge on any atom is 0.273 e. The highest BCUT2D eigenvalue weighted by Crippen LogP contribution is 2.19. The average molecular weight is 280 g/mol. The molecular weight excluding hydrogens is 260 g/mol. The van der Waals surface area contributed by atoms with Crippen LogP contribution in [0.4, 0.5) is 5.69 Å². The third kappa shape index (κ3) is 4.18. The Labute approximate surface area is 118 Å². The van der Waals surface area contributed by atoms with Crippen LogP contribution in [-0.4, -0.2) is 47.8 Å². The van der Waals surface area contributed by atoms with Gasteiger partial charge in [0.1, 0.15) is 12.4 Å². The lowest BCUT2D eigenvalue weighted by molar-refractivity contribution is -0.384. The number of likely N-dealkylation sites (tertiary alicyclic amines) is 1. The first kappa shape index (κ1) is 14.7. The Bertz CT molecular complexity index is 445. The summed E-state index contributed by atoms with van der Waals surface area (Å²) < 4.78 is 5.56. The van der Waals surface area contributed by atoms with Crippen molar-refractivity contribution in [3.63, 3.8) is 0 Å². The van der Waals surface area contributed by atoms with Crippen LogP contribution in [0.15, 0.2) is 24.3 Å². The second-order valence-electron chi connectivity index (χ2n) is 5.07. The molecule has 1 aromatic rings. The number of nitro groups is 1.